The number of nitrogens with zero attached hydrogens (tertiary/aromatic N) is 3. The van der Waals surface area contributed by atoms with Crippen LogP contribution in [0.4, 0.5) is 10.1 Å². The van der Waals surface area contributed by atoms with Gasteiger partial charge in [0.15, 0.2) is 5.82 Å². The van der Waals surface area contributed by atoms with Crippen molar-refractivity contribution in [2.45, 2.75) is 31.7 Å². The second kappa shape index (κ2) is 8.32. The predicted molar refractivity (Wildman–Crippen MR) is 96.1 cm³/mol. The number of aromatic nitrogens is 2. The molecule has 1 aliphatic rings. The van der Waals surface area contributed by atoms with Gasteiger partial charge >= 0.3 is 0 Å². The van der Waals surface area contributed by atoms with Crippen molar-refractivity contribution in [3.05, 3.63) is 35.7 Å². The van der Waals surface area contributed by atoms with Gasteiger partial charge in [0.2, 0.25) is 15.9 Å². The molecule has 1 aromatic carbocycles. The smallest absolute Gasteiger partial charge is 0.246 e. The third-order valence-corrected chi connectivity index (χ3v) is 5.98. The average molecular weight is 398 g/mol. The Hall–Kier alpha value is -2.04. The Balaban J connectivity index is 1.72. The number of benzene rings is 1. The Kier molecular flexibility index (Phi) is 6.08. The van der Waals surface area contributed by atoms with Gasteiger partial charge < -0.3 is 14.6 Å². The summed E-state index contributed by atoms with van der Waals surface area (Å²) in [6.07, 6.45) is 0.710. The maximum Gasteiger partial charge on any atom is 0.246 e. The van der Waals surface area contributed by atoms with Gasteiger partial charge in [-0.25, -0.2) is 12.8 Å². The molecule has 1 saturated heterocycles. The van der Waals surface area contributed by atoms with Crippen molar-refractivity contribution >= 4 is 15.7 Å². The van der Waals surface area contributed by atoms with Crippen molar-refractivity contribution in [2.75, 3.05) is 31.6 Å². The number of rotatable bonds is 7. The van der Waals surface area contributed by atoms with Gasteiger partial charge in [-0.15, -0.1) is 0 Å². The molecule has 0 bridgehead atoms. The Morgan fingerprint density at radius 3 is 2.74 bits per heavy atom. The van der Waals surface area contributed by atoms with Crippen LogP contribution in [0.5, 0.6) is 0 Å². The lowest BCUT2D eigenvalue weighted by atomic mass is 10.1. The molecule has 0 unspecified atom stereocenters. The van der Waals surface area contributed by atoms with E-state index in [1.807, 2.05) is 0 Å². The van der Waals surface area contributed by atoms with Crippen LogP contribution in [0.15, 0.2) is 27.6 Å². The van der Waals surface area contributed by atoms with Crippen LogP contribution in [0.3, 0.4) is 0 Å². The van der Waals surface area contributed by atoms with Crippen molar-refractivity contribution in [3.63, 3.8) is 0 Å². The summed E-state index contributed by atoms with van der Waals surface area (Å²) in [5, 5.41) is 6.90. The fraction of sp³-hybridized carbons (Fsp3) is 0.529. The first-order chi connectivity index (χ1) is 12.9. The highest BCUT2D eigenvalue weighted by Gasteiger charge is 2.29. The van der Waals surface area contributed by atoms with E-state index in [2.05, 4.69) is 29.3 Å². The van der Waals surface area contributed by atoms with Gasteiger partial charge in [-0.1, -0.05) is 19.0 Å². The molecule has 0 amide bonds. The zero-order valence-corrected chi connectivity index (χ0v) is 16.1. The predicted octanol–water partition coefficient (Wildman–Crippen LogP) is 2.04. The standard InChI is InChI=1S/C17H23FN4O4S/c1-12(2)9-16-20-17(26-21-16)11-19-13-3-4-14(18)15(10-13)27(23,24)22-5-7-25-8-6-22/h3-4,10,12,19H,5-9,11H2,1-2H3. The fourth-order valence-corrected chi connectivity index (χ4v) is 4.22. The van der Waals surface area contributed by atoms with Gasteiger partial charge in [-0.2, -0.15) is 9.29 Å². The molecule has 1 N–H and O–H groups in total. The van der Waals surface area contributed by atoms with Crippen molar-refractivity contribution < 1.29 is 22.1 Å². The zero-order chi connectivity index (χ0) is 19.4. The molecule has 0 atom stereocenters. The SMILES string of the molecule is CC(C)Cc1noc(CNc2ccc(F)c(S(=O)(=O)N3CCOCC3)c2)n1. The van der Waals surface area contributed by atoms with Crippen LogP contribution in [0.2, 0.25) is 0 Å². The quantitative estimate of drug-likeness (QED) is 0.762. The maximum absolute atomic E-state index is 14.2. The number of morpholine rings is 1. The lowest BCUT2D eigenvalue weighted by Gasteiger charge is -2.26. The molecule has 1 fully saturated rings. The van der Waals surface area contributed by atoms with Crippen molar-refractivity contribution in [1.29, 1.82) is 0 Å². The van der Waals surface area contributed by atoms with E-state index < -0.39 is 15.8 Å². The first-order valence-corrected chi connectivity index (χ1v) is 10.2. The first kappa shape index (κ1) is 19.7. The van der Waals surface area contributed by atoms with Gasteiger partial charge in [0, 0.05) is 25.2 Å². The van der Waals surface area contributed by atoms with Crippen molar-refractivity contribution in [1.82, 2.24) is 14.4 Å². The van der Waals surface area contributed by atoms with E-state index in [0.717, 1.165) is 6.07 Å². The molecule has 0 radical (unpaired) electrons. The van der Waals surface area contributed by atoms with E-state index in [1.54, 1.807) is 0 Å². The molecule has 0 aliphatic carbocycles. The molecule has 0 spiro atoms. The number of anilines is 1. The van der Waals surface area contributed by atoms with E-state index in [1.165, 1.54) is 16.4 Å². The van der Waals surface area contributed by atoms with E-state index >= 15 is 0 Å². The lowest BCUT2D eigenvalue weighted by molar-refractivity contribution is 0.0729. The van der Waals surface area contributed by atoms with E-state index in [4.69, 9.17) is 9.26 Å². The summed E-state index contributed by atoms with van der Waals surface area (Å²) < 4.78 is 51.2. The van der Waals surface area contributed by atoms with Gasteiger partial charge in [-0.05, 0) is 24.1 Å². The monoisotopic (exact) mass is 398 g/mol. The van der Waals surface area contributed by atoms with Gasteiger partial charge in [0.1, 0.15) is 10.7 Å². The summed E-state index contributed by atoms with van der Waals surface area (Å²) in [4.78, 5) is 3.91. The number of halogens is 1. The number of nitrogens with one attached hydrogen (secondary N) is 1. The Labute approximate surface area is 157 Å². The van der Waals surface area contributed by atoms with Crippen LogP contribution < -0.4 is 5.32 Å². The summed E-state index contributed by atoms with van der Waals surface area (Å²) in [6, 6.07) is 3.89. The third kappa shape index (κ3) is 4.82. The van der Waals surface area contributed by atoms with E-state index in [-0.39, 0.29) is 24.5 Å². The number of hydrogen-bond acceptors (Lipinski definition) is 7. The van der Waals surface area contributed by atoms with Crippen LogP contribution in [0, 0.1) is 11.7 Å². The minimum Gasteiger partial charge on any atom is -0.379 e. The number of ether oxygens (including phenoxy) is 1. The second-order valence-corrected chi connectivity index (χ2v) is 8.62. The van der Waals surface area contributed by atoms with E-state index in [9.17, 15) is 12.8 Å². The minimum absolute atomic E-state index is 0.208. The van der Waals surface area contributed by atoms with Gasteiger partial charge in [0.25, 0.3) is 0 Å². The highest BCUT2D eigenvalue weighted by Crippen LogP contribution is 2.24. The Morgan fingerprint density at radius 2 is 2.04 bits per heavy atom. The number of hydrogen-bond donors (Lipinski definition) is 1. The molecule has 1 aliphatic heterocycles. The van der Waals surface area contributed by atoms with Gasteiger partial charge in [-0.3, -0.25) is 0 Å². The normalized spacial score (nSPS) is 16.0. The molecule has 3 rings (SSSR count). The largest absolute Gasteiger partial charge is 0.379 e. The zero-order valence-electron chi connectivity index (χ0n) is 15.3. The van der Waals surface area contributed by atoms with Crippen LogP contribution in [0.25, 0.3) is 0 Å². The molecular formula is C17H23FN4O4S. The minimum atomic E-state index is -3.92. The summed E-state index contributed by atoms with van der Waals surface area (Å²) >= 11 is 0. The van der Waals surface area contributed by atoms with Crippen LogP contribution in [-0.4, -0.2) is 49.2 Å². The topological polar surface area (TPSA) is 97.6 Å². The van der Waals surface area contributed by atoms with E-state index in [0.29, 0.717) is 43.0 Å². The molecule has 2 aromatic rings. The maximum atomic E-state index is 14.2. The molecule has 1 aromatic heterocycles. The highest BCUT2D eigenvalue weighted by molar-refractivity contribution is 7.89. The molecule has 148 valence electrons. The molecule has 8 nitrogen and oxygen atoms in total. The Morgan fingerprint density at radius 1 is 1.30 bits per heavy atom. The fourth-order valence-electron chi connectivity index (χ4n) is 2.72. The summed E-state index contributed by atoms with van der Waals surface area (Å²) in [5.74, 6) is 0.626. The molecule has 0 saturated carbocycles. The summed E-state index contributed by atoms with van der Waals surface area (Å²) in [5.41, 5.74) is 0.451. The molecule has 2 heterocycles. The average Bonchev–Trinajstić information content (AvgIpc) is 3.08. The molecular weight excluding hydrogens is 375 g/mol. The third-order valence-electron chi connectivity index (χ3n) is 4.06. The second-order valence-electron chi connectivity index (χ2n) is 6.72. The van der Waals surface area contributed by atoms with Crippen LogP contribution in [-0.2, 0) is 27.7 Å². The van der Waals surface area contributed by atoms with Crippen molar-refractivity contribution in [2.24, 2.45) is 5.92 Å². The summed E-state index contributed by atoms with van der Waals surface area (Å²) in [6.45, 7) is 5.35. The first-order valence-electron chi connectivity index (χ1n) is 8.79. The lowest BCUT2D eigenvalue weighted by Crippen LogP contribution is -2.40. The van der Waals surface area contributed by atoms with Crippen LogP contribution >= 0.6 is 0 Å². The highest BCUT2D eigenvalue weighted by atomic mass is 32.2. The summed E-state index contributed by atoms with van der Waals surface area (Å²) in [7, 11) is -3.92. The van der Waals surface area contributed by atoms with Crippen LogP contribution in [0.1, 0.15) is 25.6 Å². The number of sulfonamides is 1. The molecule has 10 heteroatoms. The molecule has 27 heavy (non-hydrogen) atoms. The Bertz CT molecular complexity index is 879. The van der Waals surface area contributed by atoms with Gasteiger partial charge in [0.05, 0.1) is 19.8 Å². The van der Waals surface area contributed by atoms with Crippen molar-refractivity contribution in [3.8, 4) is 0 Å².